The van der Waals surface area contributed by atoms with E-state index in [1.165, 1.54) is 27.4 Å². The summed E-state index contributed by atoms with van der Waals surface area (Å²) in [4.78, 5) is 13.9. The Bertz CT molecular complexity index is 639. The second-order valence-corrected chi connectivity index (χ2v) is 6.23. The van der Waals surface area contributed by atoms with Crippen LogP contribution in [0.5, 0.6) is 0 Å². The molecule has 0 aliphatic carbocycles. The molecule has 1 amide bonds. The van der Waals surface area contributed by atoms with Crippen LogP contribution < -0.4 is 4.90 Å². The van der Waals surface area contributed by atoms with Crippen LogP contribution in [0.1, 0.15) is 35.3 Å². The fourth-order valence-corrected chi connectivity index (χ4v) is 3.06. The Morgan fingerprint density at radius 1 is 1.38 bits per heavy atom. The maximum atomic E-state index is 12.4. The molecule has 1 aliphatic rings. The summed E-state index contributed by atoms with van der Waals surface area (Å²) in [5.41, 5.74) is 5.89. The summed E-state index contributed by atoms with van der Waals surface area (Å²) >= 11 is 1.23. The zero-order valence-electron chi connectivity index (χ0n) is 14.6. The van der Waals surface area contributed by atoms with Gasteiger partial charge in [0, 0.05) is 51.4 Å². The summed E-state index contributed by atoms with van der Waals surface area (Å²) in [6, 6.07) is 5.92. The van der Waals surface area contributed by atoms with Gasteiger partial charge in [-0.25, -0.2) is 5.10 Å². The Kier molecular flexibility index (Phi) is 11.3. The van der Waals surface area contributed by atoms with Crippen molar-refractivity contribution >= 4 is 31.8 Å². The van der Waals surface area contributed by atoms with Gasteiger partial charge in [0.15, 0.2) is 0 Å². The molecule has 0 fully saturated rings. The van der Waals surface area contributed by atoms with Gasteiger partial charge in [-0.2, -0.15) is 0 Å². The minimum Gasteiger partial charge on any atom is -0.364 e. The minimum absolute atomic E-state index is 0. The molecule has 1 radical (unpaired) electrons. The molecule has 0 N–H and O–H groups in total. The number of amides is 1. The van der Waals surface area contributed by atoms with E-state index in [1.807, 2.05) is 32.0 Å². The van der Waals surface area contributed by atoms with Crippen LogP contribution in [0, 0.1) is 12.9 Å². The molecule has 1 aromatic carbocycles. The van der Waals surface area contributed by atoms with Crippen LogP contribution in [0.4, 0.5) is 5.13 Å². The van der Waals surface area contributed by atoms with E-state index in [4.69, 9.17) is 0 Å². The Hall–Kier alpha value is -0.256. The van der Waals surface area contributed by atoms with Gasteiger partial charge in [-0.3, -0.25) is 25.9 Å². The van der Waals surface area contributed by atoms with E-state index in [9.17, 15) is 4.79 Å². The van der Waals surface area contributed by atoms with Crippen LogP contribution in [-0.4, -0.2) is 34.4 Å². The SMILES string of the molecule is CC.CN(C(=O)c1ccc2c(c1)CCN(P)C2)c1nn[c-]s1.[CH3-].[Y]. The molecule has 2 aromatic rings. The first kappa shape index (κ1) is 23.7. The van der Waals surface area contributed by atoms with Crippen molar-refractivity contribution in [3.05, 3.63) is 47.8 Å². The van der Waals surface area contributed by atoms with Gasteiger partial charge in [0.05, 0.1) is 5.13 Å². The first-order chi connectivity index (χ1) is 10.6. The third-order valence-corrected chi connectivity index (χ3v) is 4.55. The molecule has 1 aromatic heterocycles. The van der Waals surface area contributed by atoms with Crippen molar-refractivity contribution in [3.8, 4) is 0 Å². The predicted molar refractivity (Wildman–Crippen MR) is 99.5 cm³/mol. The number of hydrogen-bond acceptors (Lipinski definition) is 5. The largest absolute Gasteiger partial charge is 0.364 e. The smallest absolute Gasteiger partial charge is 0.243 e. The van der Waals surface area contributed by atoms with Crippen LogP contribution >= 0.6 is 20.7 Å². The summed E-state index contributed by atoms with van der Waals surface area (Å²) < 4.78 is 2.20. The normalized spacial score (nSPS) is 12.7. The molecule has 0 bridgehead atoms. The third-order valence-electron chi connectivity index (χ3n) is 3.40. The van der Waals surface area contributed by atoms with Crippen molar-refractivity contribution in [2.24, 2.45) is 0 Å². The molecule has 0 spiro atoms. The average molecular weight is 439 g/mol. The second kappa shape index (κ2) is 11.4. The Morgan fingerprint density at radius 2 is 2.08 bits per heavy atom. The van der Waals surface area contributed by atoms with Crippen molar-refractivity contribution in [1.82, 2.24) is 14.9 Å². The molecular weight excluding hydrogens is 416 g/mol. The molecule has 129 valence electrons. The predicted octanol–water partition coefficient (Wildman–Crippen LogP) is 3.24. The van der Waals surface area contributed by atoms with Crippen molar-refractivity contribution < 1.29 is 37.5 Å². The first-order valence-corrected chi connectivity index (χ1v) is 8.57. The van der Waals surface area contributed by atoms with Gasteiger partial charge < -0.3 is 12.3 Å². The molecule has 5 nitrogen and oxygen atoms in total. The topological polar surface area (TPSA) is 49.3 Å². The molecule has 0 saturated carbocycles. The summed E-state index contributed by atoms with van der Waals surface area (Å²) in [5.74, 6) is -0.0637. The van der Waals surface area contributed by atoms with Crippen molar-refractivity contribution in [2.45, 2.75) is 26.8 Å². The van der Waals surface area contributed by atoms with E-state index in [2.05, 4.69) is 29.8 Å². The van der Waals surface area contributed by atoms with Crippen LogP contribution in [-0.2, 0) is 45.7 Å². The quantitative estimate of drug-likeness (QED) is 0.533. The Labute approximate surface area is 176 Å². The van der Waals surface area contributed by atoms with Crippen molar-refractivity contribution in [1.29, 1.82) is 0 Å². The second-order valence-electron chi connectivity index (χ2n) is 4.74. The number of fused-ring (bicyclic) bond motifs is 1. The minimum atomic E-state index is -0.0637. The van der Waals surface area contributed by atoms with Gasteiger partial charge in [-0.1, -0.05) is 34.8 Å². The number of benzene rings is 1. The zero-order valence-corrected chi connectivity index (χ0v) is 19.4. The van der Waals surface area contributed by atoms with Crippen LogP contribution in [0.25, 0.3) is 0 Å². The van der Waals surface area contributed by atoms with E-state index in [0.717, 1.165) is 19.5 Å². The van der Waals surface area contributed by atoms with Gasteiger partial charge in [0.25, 0.3) is 0 Å². The molecular formula is C16H23N4OPSY-2. The van der Waals surface area contributed by atoms with Crippen molar-refractivity contribution in [2.75, 3.05) is 18.5 Å². The maximum Gasteiger partial charge on any atom is 0.243 e. The summed E-state index contributed by atoms with van der Waals surface area (Å²) in [6.45, 7) is 5.91. The number of rotatable bonds is 2. The third kappa shape index (κ3) is 5.64. The van der Waals surface area contributed by atoms with Gasteiger partial charge in [0.1, 0.15) is 0 Å². The number of hydrogen-bond donors (Lipinski definition) is 0. The fourth-order valence-electron chi connectivity index (χ4n) is 2.27. The number of aromatic nitrogens is 2. The molecule has 1 atom stereocenters. The van der Waals surface area contributed by atoms with Crippen LogP contribution in [0.15, 0.2) is 18.2 Å². The van der Waals surface area contributed by atoms with Gasteiger partial charge in [-0.15, -0.1) is 0 Å². The standard InChI is InChI=1S/C13H14N4OPS.C2H6.CH3.Y/c1-16(13-15-14-8-20-13)12(18)10-2-3-11-7-17(19)5-4-9(11)6-10;1-2;;/h2-3,6H,4-5,7,19H2,1H3;1-2H3;1H3;/q-1;;-1;. The van der Waals surface area contributed by atoms with E-state index >= 15 is 0 Å². The molecule has 3 rings (SSSR count). The first-order valence-electron chi connectivity index (χ1n) is 7.24. The number of nitrogens with zero attached hydrogens (tertiary/aromatic N) is 4. The van der Waals surface area contributed by atoms with Crippen LogP contribution in [0.2, 0.25) is 0 Å². The summed E-state index contributed by atoms with van der Waals surface area (Å²) in [5, 5.41) is 8.07. The fraction of sp³-hybridized carbons (Fsp3) is 0.375. The molecule has 24 heavy (non-hydrogen) atoms. The zero-order chi connectivity index (χ0) is 16.1. The van der Waals surface area contributed by atoms with E-state index in [0.29, 0.717) is 10.7 Å². The summed E-state index contributed by atoms with van der Waals surface area (Å²) in [6.07, 6.45) is 0.969. The number of anilines is 1. The van der Waals surface area contributed by atoms with Gasteiger partial charge in [-0.05, 0) is 36.7 Å². The van der Waals surface area contributed by atoms with Gasteiger partial charge in [0.2, 0.25) is 5.91 Å². The van der Waals surface area contributed by atoms with E-state index in [1.54, 1.807) is 7.05 Å². The number of carbonyl (C=O) groups excluding carboxylic acids is 1. The van der Waals surface area contributed by atoms with E-state index in [-0.39, 0.29) is 46.0 Å². The molecule has 8 heteroatoms. The van der Waals surface area contributed by atoms with Crippen LogP contribution in [0.3, 0.4) is 0 Å². The maximum absolute atomic E-state index is 12.4. The summed E-state index contributed by atoms with van der Waals surface area (Å²) in [7, 11) is 4.44. The Morgan fingerprint density at radius 3 is 2.71 bits per heavy atom. The molecule has 0 saturated heterocycles. The van der Waals surface area contributed by atoms with Crippen molar-refractivity contribution in [3.63, 3.8) is 0 Å². The molecule has 2 heterocycles. The molecule has 1 unspecified atom stereocenters. The van der Waals surface area contributed by atoms with Gasteiger partial charge >= 0.3 is 0 Å². The Balaban J connectivity index is 0.00000128. The molecule has 1 aliphatic heterocycles. The number of carbonyl (C=O) groups is 1. The average Bonchev–Trinajstić information content (AvgIpc) is 3.09. The van der Waals surface area contributed by atoms with E-state index < -0.39 is 0 Å². The monoisotopic (exact) mass is 439 g/mol.